The highest BCUT2D eigenvalue weighted by Gasteiger charge is 2.45. The number of piperidine rings is 1. The van der Waals surface area contributed by atoms with Gasteiger partial charge in [-0.25, -0.2) is 15.0 Å². The van der Waals surface area contributed by atoms with Crippen molar-refractivity contribution in [2.75, 3.05) is 22.9 Å². The molecule has 3 aliphatic rings. The van der Waals surface area contributed by atoms with Gasteiger partial charge in [-0.3, -0.25) is 4.98 Å². The number of aryl methyl sites for hydroxylation is 1. The van der Waals surface area contributed by atoms with E-state index in [1.54, 1.807) is 6.33 Å². The van der Waals surface area contributed by atoms with Crippen molar-refractivity contribution in [3.8, 4) is 0 Å². The van der Waals surface area contributed by atoms with Gasteiger partial charge >= 0.3 is 0 Å². The summed E-state index contributed by atoms with van der Waals surface area (Å²) in [5.41, 5.74) is 2.72. The van der Waals surface area contributed by atoms with Gasteiger partial charge in [-0.05, 0) is 31.5 Å². The van der Waals surface area contributed by atoms with Crippen molar-refractivity contribution in [2.45, 2.75) is 25.4 Å². The average molecular weight is 353 g/mol. The molecule has 25 heavy (non-hydrogen) atoms. The molecule has 0 amide bonds. The molecule has 2 aromatic heterocycles. The molecule has 2 atom stereocenters. The molecule has 3 fully saturated rings. The maximum Gasteiger partial charge on any atom is 0.148 e. The second-order valence-electron chi connectivity index (χ2n) is 6.73. The Kier molecular flexibility index (Phi) is 3.28. The lowest BCUT2D eigenvalue weighted by atomic mass is 9.87. The maximum absolute atomic E-state index is 6.03. The van der Waals surface area contributed by atoms with Gasteiger partial charge < -0.3 is 9.80 Å². The largest absolute Gasteiger partial charge is 0.352 e. The number of hydrogen-bond donors (Lipinski definition) is 0. The van der Waals surface area contributed by atoms with Crippen LogP contribution < -0.4 is 9.80 Å². The summed E-state index contributed by atoms with van der Waals surface area (Å²) in [4.78, 5) is 22.7. The summed E-state index contributed by atoms with van der Waals surface area (Å²) in [5, 5.41) is 0.686. The van der Waals surface area contributed by atoms with Gasteiger partial charge in [0.05, 0.1) is 29.3 Å². The molecular formula is C18H17ClN6. The number of aromatic nitrogens is 4. The number of nitrogens with zero attached hydrogens (tertiary/aromatic N) is 6. The number of benzene rings is 1. The first-order valence-corrected chi connectivity index (χ1v) is 8.79. The number of fused-ring (bicyclic) bond motifs is 3. The summed E-state index contributed by atoms with van der Waals surface area (Å²) < 4.78 is 0. The van der Waals surface area contributed by atoms with E-state index in [9.17, 15) is 0 Å². The molecule has 3 aliphatic heterocycles. The fourth-order valence-corrected chi connectivity index (χ4v) is 4.05. The van der Waals surface area contributed by atoms with Crippen LogP contribution in [-0.2, 0) is 0 Å². The Morgan fingerprint density at radius 2 is 1.84 bits per heavy atom. The second-order valence-corrected chi connectivity index (χ2v) is 7.17. The summed E-state index contributed by atoms with van der Waals surface area (Å²) >= 11 is 6.03. The van der Waals surface area contributed by atoms with Crippen molar-refractivity contribution >= 4 is 34.3 Å². The number of halogens is 1. The lowest BCUT2D eigenvalue weighted by molar-refractivity contribution is 0.288. The van der Waals surface area contributed by atoms with Crippen LogP contribution >= 0.6 is 11.6 Å². The minimum absolute atomic E-state index is 0.452. The van der Waals surface area contributed by atoms with E-state index < -0.39 is 0 Å². The van der Waals surface area contributed by atoms with E-state index in [1.807, 2.05) is 31.3 Å². The maximum atomic E-state index is 6.03. The molecule has 6 nitrogen and oxygen atoms in total. The van der Waals surface area contributed by atoms with Crippen LogP contribution in [0.2, 0.25) is 5.02 Å². The van der Waals surface area contributed by atoms with Gasteiger partial charge in [0.1, 0.15) is 18.0 Å². The van der Waals surface area contributed by atoms with Gasteiger partial charge in [0.15, 0.2) is 0 Å². The molecule has 6 rings (SSSR count). The summed E-state index contributed by atoms with van der Waals surface area (Å²) in [6.07, 6.45) is 4.70. The highest BCUT2D eigenvalue weighted by molar-refractivity contribution is 6.31. The number of rotatable bonds is 2. The van der Waals surface area contributed by atoms with E-state index in [0.717, 1.165) is 41.5 Å². The molecule has 5 heterocycles. The fraction of sp³-hybridized carbons (Fsp3) is 0.333. The van der Waals surface area contributed by atoms with E-state index in [4.69, 9.17) is 16.6 Å². The van der Waals surface area contributed by atoms with Gasteiger partial charge in [-0.1, -0.05) is 11.6 Å². The number of piperazine rings is 1. The summed E-state index contributed by atoms with van der Waals surface area (Å²) in [5.74, 6) is 1.97. The fourth-order valence-electron chi connectivity index (χ4n) is 3.88. The van der Waals surface area contributed by atoms with Crippen LogP contribution in [0.5, 0.6) is 0 Å². The van der Waals surface area contributed by atoms with Crippen LogP contribution in [0, 0.1) is 6.92 Å². The molecule has 0 N–H and O–H groups in total. The highest BCUT2D eigenvalue weighted by atomic mass is 35.5. The molecule has 0 radical (unpaired) electrons. The summed E-state index contributed by atoms with van der Waals surface area (Å²) in [7, 11) is 0. The van der Waals surface area contributed by atoms with Crippen molar-refractivity contribution in [1.29, 1.82) is 0 Å². The Bertz CT molecular complexity index is 949. The quantitative estimate of drug-likeness (QED) is 0.707. The molecule has 3 aromatic rings. The molecule has 7 heteroatoms. The average Bonchev–Trinajstić information content (AvgIpc) is 2.62. The molecule has 0 spiro atoms. The minimum atomic E-state index is 0.452. The molecule has 0 aliphatic carbocycles. The molecule has 2 bridgehead atoms. The SMILES string of the molecule is Cc1cc(N2CC3CC(C2)N3c2cnc3cc(Cl)ccc3n2)ncn1. The van der Waals surface area contributed by atoms with Crippen LogP contribution in [0.3, 0.4) is 0 Å². The molecular weight excluding hydrogens is 336 g/mol. The van der Waals surface area contributed by atoms with E-state index in [2.05, 4.69) is 30.8 Å². The van der Waals surface area contributed by atoms with Gasteiger partial charge in [-0.15, -0.1) is 0 Å². The predicted octanol–water partition coefficient (Wildman–Crippen LogP) is 2.85. The third-order valence-electron chi connectivity index (χ3n) is 5.06. The predicted molar refractivity (Wildman–Crippen MR) is 98.2 cm³/mol. The van der Waals surface area contributed by atoms with Crippen LogP contribution in [0.4, 0.5) is 11.6 Å². The van der Waals surface area contributed by atoms with Crippen molar-refractivity contribution in [1.82, 2.24) is 19.9 Å². The van der Waals surface area contributed by atoms with Crippen molar-refractivity contribution < 1.29 is 0 Å². The molecule has 2 unspecified atom stereocenters. The topological polar surface area (TPSA) is 58.0 Å². The second kappa shape index (κ2) is 5.52. The Hall–Kier alpha value is -2.47. The van der Waals surface area contributed by atoms with Crippen LogP contribution in [0.25, 0.3) is 11.0 Å². The van der Waals surface area contributed by atoms with Crippen LogP contribution in [-0.4, -0.2) is 45.1 Å². The minimum Gasteiger partial charge on any atom is -0.352 e. The van der Waals surface area contributed by atoms with E-state index in [0.29, 0.717) is 17.1 Å². The smallest absolute Gasteiger partial charge is 0.148 e. The first kappa shape index (κ1) is 14.8. The normalized spacial score (nSPS) is 22.2. The third kappa shape index (κ3) is 2.48. The third-order valence-corrected chi connectivity index (χ3v) is 5.30. The highest BCUT2D eigenvalue weighted by Crippen LogP contribution is 2.37. The van der Waals surface area contributed by atoms with Gasteiger partial charge in [0, 0.05) is 29.9 Å². The first-order chi connectivity index (χ1) is 12.2. The van der Waals surface area contributed by atoms with Crippen LogP contribution in [0.1, 0.15) is 12.1 Å². The van der Waals surface area contributed by atoms with Crippen molar-refractivity contribution in [3.05, 3.63) is 47.5 Å². The van der Waals surface area contributed by atoms with Gasteiger partial charge in [0.2, 0.25) is 0 Å². The molecule has 3 saturated heterocycles. The summed E-state index contributed by atoms with van der Waals surface area (Å²) in [6, 6.07) is 8.59. The van der Waals surface area contributed by atoms with E-state index in [1.165, 1.54) is 6.42 Å². The lowest BCUT2D eigenvalue weighted by Crippen LogP contribution is -2.69. The summed E-state index contributed by atoms with van der Waals surface area (Å²) in [6.45, 7) is 3.90. The van der Waals surface area contributed by atoms with E-state index in [-0.39, 0.29) is 0 Å². The number of hydrogen-bond acceptors (Lipinski definition) is 6. The number of anilines is 2. The van der Waals surface area contributed by atoms with Gasteiger partial charge in [0.25, 0.3) is 0 Å². The Morgan fingerprint density at radius 3 is 2.64 bits per heavy atom. The van der Waals surface area contributed by atoms with Crippen molar-refractivity contribution in [2.24, 2.45) is 0 Å². The van der Waals surface area contributed by atoms with Crippen LogP contribution in [0.15, 0.2) is 36.8 Å². The Labute approximate surface area is 150 Å². The zero-order valence-electron chi connectivity index (χ0n) is 13.8. The molecule has 1 aromatic carbocycles. The monoisotopic (exact) mass is 352 g/mol. The lowest BCUT2D eigenvalue weighted by Gasteiger charge is -2.57. The molecule has 126 valence electrons. The Morgan fingerprint density at radius 1 is 1.00 bits per heavy atom. The zero-order chi connectivity index (χ0) is 17.0. The zero-order valence-corrected chi connectivity index (χ0v) is 14.6. The van der Waals surface area contributed by atoms with Crippen molar-refractivity contribution in [3.63, 3.8) is 0 Å². The Balaban J connectivity index is 1.40. The van der Waals surface area contributed by atoms with Gasteiger partial charge in [-0.2, -0.15) is 0 Å². The standard InChI is InChI=1S/C18H17ClN6/c1-11-4-17(22-10-21-11)24-8-13-6-14(9-24)25(13)18-7-20-16-5-12(19)2-3-15(16)23-18/h2-5,7,10,13-14H,6,8-9H2,1H3. The van der Waals surface area contributed by atoms with E-state index >= 15 is 0 Å². The molecule has 0 saturated carbocycles. The first-order valence-electron chi connectivity index (χ1n) is 8.41.